The van der Waals surface area contributed by atoms with Gasteiger partial charge >= 0.3 is 0 Å². The first-order valence-electron chi connectivity index (χ1n) is 27.0. The van der Waals surface area contributed by atoms with Gasteiger partial charge < -0.3 is 0 Å². The van der Waals surface area contributed by atoms with Crippen molar-refractivity contribution in [1.82, 2.24) is 29.9 Å². The summed E-state index contributed by atoms with van der Waals surface area (Å²) in [5.41, 5.74) is 20.1. The standard InChI is InChI=1S/C74H44N6/c1-2-9-45(10-3-1)54-26-31-62-64(44-68(78-69(62)43-54)56-25-16-46-11-4-5-12-53(46)39-56)48-19-17-47(18-20-48)60-32-33-61(63-15-8-38-77-74(60)63)65-42-58(67-35-29-52-24-22-50-14-7-37-76-71(50)73(52)80-67)41-57-40-55(27-30-59(57)65)66-34-28-51-23-21-49-13-6-36-75-70(49)72(51)79-66/h1-44H. The van der Waals surface area contributed by atoms with Crippen molar-refractivity contribution < 1.29 is 0 Å². The molecule has 6 heteroatoms. The van der Waals surface area contributed by atoms with E-state index >= 15 is 0 Å². The monoisotopic (exact) mass is 1020 g/mol. The number of hydrogen-bond acceptors (Lipinski definition) is 6. The van der Waals surface area contributed by atoms with E-state index in [0.29, 0.717) is 0 Å². The average molecular weight is 1020 g/mol. The maximum absolute atomic E-state index is 5.37. The quantitative estimate of drug-likeness (QED) is 0.148. The van der Waals surface area contributed by atoms with Crippen LogP contribution in [-0.2, 0) is 0 Å². The van der Waals surface area contributed by atoms with Crippen LogP contribution in [0.4, 0.5) is 0 Å². The molecule has 370 valence electrons. The van der Waals surface area contributed by atoms with Crippen LogP contribution in [0.1, 0.15) is 0 Å². The summed E-state index contributed by atoms with van der Waals surface area (Å²) in [5, 5.41) is 11.0. The fraction of sp³-hybridized carbons (Fsp3) is 0. The molecule has 0 atom stereocenters. The fourth-order valence-corrected chi connectivity index (χ4v) is 11.9. The number of pyridine rings is 6. The highest BCUT2D eigenvalue weighted by molar-refractivity contribution is 6.11. The predicted molar refractivity (Wildman–Crippen MR) is 331 cm³/mol. The fourth-order valence-electron chi connectivity index (χ4n) is 11.9. The summed E-state index contributed by atoms with van der Waals surface area (Å²) in [6.07, 6.45) is 5.58. The number of benzene rings is 10. The Balaban J connectivity index is 0.832. The van der Waals surface area contributed by atoms with Gasteiger partial charge in [0.1, 0.15) is 0 Å². The lowest BCUT2D eigenvalue weighted by molar-refractivity contribution is 1.37. The van der Waals surface area contributed by atoms with Gasteiger partial charge in [0.05, 0.1) is 50.2 Å². The van der Waals surface area contributed by atoms with E-state index in [-0.39, 0.29) is 0 Å². The molecule has 6 nitrogen and oxygen atoms in total. The van der Waals surface area contributed by atoms with Gasteiger partial charge in [-0.2, -0.15) is 0 Å². The Labute approximate surface area is 460 Å². The highest BCUT2D eigenvalue weighted by Crippen LogP contribution is 2.43. The molecule has 0 aliphatic carbocycles. The third-order valence-electron chi connectivity index (χ3n) is 15.9. The Morgan fingerprint density at radius 2 is 0.713 bits per heavy atom. The molecule has 0 fully saturated rings. The molecule has 0 bridgehead atoms. The number of nitrogens with zero attached hydrogens (tertiary/aromatic N) is 6. The molecule has 0 N–H and O–H groups in total. The van der Waals surface area contributed by atoms with Crippen LogP contribution in [0, 0.1) is 0 Å². The van der Waals surface area contributed by atoms with E-state index in [1.165, 1.54) is 10.8 Å². The van der Waals surface area contributed by atoms with Crippen molar-refractivity contribution in [2.24, 2.45) is 0 Å². The molecule has 6 heterocycles. The van der Waals surface area contributed by atoms with Gasteiger partial charge in [0.2, 0.25) is 0 Å². The maximum Gasteiger partial charge on any atom is 0.0972 e. The molecule has 0 saturated carbocycles. The van der Waals surface area contributed by atoms with Crippen LogP contribution >= 0.6 is 0 Å². The predicted octanol–water partition coefficient (Wildman–Crippen LogP) is 19.0. The molecule has 0 aliphatic heterocycles. The van der Waals surface area contributed by atoms with Crippen molar-refractivity contribution in [3.63, 3.8) is 0 Å². The van der Waals surface area contributed by atoms with Crippen LogP contribution in [0.3, 0.4) is 0 Å². The average Bonchev–Trinajstić information content (AvgIpc) is 3.71. The molecule has 0 amide bonds. The van der Waals surface area contributed by atoms with E-state index in [9.17, 15) is 0 Å². The van der Waals surface area contributed by atoms with Gasteiger partial charge in [0.15, 0.2) is 0 Å². The van der Waals surface area contributed by atoms with Crippen molar-refractivity contribution in [1.29, 1.82) is 0 Å². The Hall–Kier alpha value is -10.8. The first-order valence-corrected chi connectivity index (χ1v) is 27.0. The second kappa shape index (κ2) is 18.4. The largest absolute Gasteiger partial charge is 0.256 e. The summed E-state index contributed by atoms with van der Waals surface area (Å²) in [7, 11) is 0. The zero-order valence-electron chi connectivity index (χ0n) is 43.1. The second-order valence-corrected chi connectivity index (χ2v) is 20.6. The molecule has 80 heavy (non-hydrogen) atoms. The van der Waals surface area contributed by atoms with Crippen LogP contribution < -0.4 is 0 Å². The third kappa shape index (κ3) is 7.72. The first kappa shape index (κ1) is 45.4. The Bertz CT molecular complexity index is 5180. The summed E-state index contributed by atoms with van der Waals surface area (Å²) in [6, 6.07) is 88.7. The highest BCUT2D eigenvalue weighted by atomic mass is 14.8. The van der Waals surface area contributed by atoms with Crippen LogP contribution in [0.2, 0.25) is 0 Å². The second-order valence-electron chi connectivity index (χ2n) is 20.6. The van der Waals surface area contributed by atoms with Crippen LogP contribution in [-0.4, -0.2) is 29.9 Å². The van der Waals surface area contributed by atoms with Gasteiger partial charge in [-0.25, -0.2) is 15.0 Å². The topological polar surface area (TPSA) is 77.3 Å². The van der Waals surface area contributed by atoms with Crippen molar-refractivity contribution in [2.75, 3.05) is 0 Å². The Morgan fingerprint density at radius 3 is 1.45 bits per heavy atom. The van der Waals surface area contributed by atoms with Gasteiger partial charge in [-0.3, -0.25) is 15.0 Å². The molecule has 0 saturated heterocycles. The van der Waals surface area contributed by atoms with E-state index in [1.807, 2.05) is 36.8 Å². The SMILES string of the molecule is c1ccc(-c2ccc3c(-c4ccc(-c5ccc(-c6cc(-c7ccc8ccc9cccnc9c8n7)cc7cc(-c8ccc9ccc%10cccnc%10c9n8)ccc67)c6cccnc56)cc4)cc(-c4ccc5ccccc5c4)nc3c2)cc1. The minimum Gasteiger partial charge on any atom is -0.256 e. The summed E-state index contributed by atoms with van der Waals surface area (Å²) in [6.45, 7) is 0. The number of hydrogen-bond donors (Lipinski definition) is 0. The van der Waals surface area contributed by atoms with Gasteiger partial charge in [-0.1, -0.05) is 182 Å². The van der Waals surface area contributed by atoms with E-state index in [4.69, 9.17) is 29.9 Å². The molecular formula is C74H44N6. The van der Waals surface area contributed by atoms with Gasteiger partial charge in [0, 0.05) is 73.2 Å². The summed E-state index contributed by atoms with van der Waals surface area (Å²) in [4.78, 5) is 30.7. The molecule has 0 radical (unpaired) electrons. The van der Waals surface area contributed by atoms with E-state index in [1.54, 1.807) is 0 Å². The lowest BCUT2D eigenvalue weighted by Crippen LogP contribution is -1.93. The molecule has 0 aliphatic rings. The number of rotatable bonds is 7. The normalized spacial score (nSPS) is 11.8. The van der Waals surface area contributed by atoms with Crippen LogP contribution in [0.15, 0.2) is 267 Å². The minimum absolute atomic E-state index is 0.868. The lowest BCUT2D eigenvalue weighted by atomic mass is 9.89. The van der Waals surface area contributed by atoms with E-state index in [0.717, 1.165) is 154 Å². The first-order chi connectivity index (χ1) is 39.6. The van der Waals surface area contributed by atoms with Crippen molar-refractivity contribution in [3.8, 4) is 78.3 Å². The maximum atomic E-state index is 5.37. The summed E-state index contributed by atoms with van der Waals surface area (Å²) in [5.74, 6) is 0. The third-order valence-corrected chi connectivity index (χ3v) is 15.9. The van der Waals surface area contributed by atoms with Crippen molar-refractivity contribution in [3.05, 3.63) is 267 Å². The highest BCUT2D eigenvalue weighted by Gasteiger charge is 2.19. The molecule has 16 rings (SSSR count). The van der Waals surface area contributed by atoms with Gasteiger partial charge in [-0.15, -0.1) is 0 Å². The number of fused-ring (bicyclic) bond motifs is 10. The molecule has 0 unspecified atom stereocenters. The number of aromatic nitrogens is 6. The van der Waals surface area contributed by atoms with Crippen LogP contribution in [0.5, 0.6) is 0 Å². The summed E-state index contributed by atoms with van der Waals surface area (Å²) < 4.78 is 0. The molecule has 0 spiro atoms. The smallest absolute Gasteiger partial charge is 0.0972 e. The van der Waals surface area contributed by atoms with Gasteiger partial charge in [-0.05, 0) is 127 Å². The summed E-state index contributed by atoms with van der Waals surface area (Å²) >= 11 is 0. The molecule has 16 aromatic rings. The molecular weight excluding hydrogens is 973 g/mol. The Kier molecular flexibility index (Phi) is 10.5. The van der Waals surface area contributed by atoms with Crippen molar-refractivity contribution >= 4 is 87.0 Å². The van der Waals surface area contributed by atoms with E-state index < -0.39 is 0 Å². The Morgan fingerprint density at radius 1 is 0.200 bits per heavy atom. The van der Waals surface area contributed by atoms with E-state index in [2.05, 4.69) is 231 Å². The van der Waals surface area contributed by atoms with Crippen molar-refractivity contribution in [2.45, 2.75) is 0 Å². The molecule has 6 aromatic heterocycles. The van der Waals surface area contributed by atoms with Gasteiger partial charge in [0.25, 0.3) is 0 Å². The minimum atomic E-state index is 0.868. The molecule has 10 aromatic carbocycles. The zero-order chi connectivity index (χ0) is 52.7. The lowest BCUT2D eigenvalue weighted by Gasteiger charge is -2.16. The van der Waals surface area contributed by atoms with Crippen LogP contribution in [0.25, 0.3) is 165 Å². The zero-order valence-corrected chi connectivity index (χ0v) is 43.1.